The van der Waals surface area contributed by atoms with E-state index in [4.69, 9.17) is 10.1 Å². The summed E-state index contributed by atoms with van der Waals surface area (Å²) >= 11 is 0. The molecule has 0 radical (unpaired) electrons. The number of aliphatic hydroxyl groups excluding tert-OH is 1. The molecule has 0 unspecified atom stereocenters. The van der Waals surface area contributed by atoms with E-state index in [-0.39, 0.29) is 30.3 Å². The van der Waals surface area contributed by atoms with Gasteiger partial charge in [0.1, 0.15) is 17.2 Å². The van der Waals surface area contributed by atoms with Crippen LogP contribution in [0.1, 0.15) is 6.92 Å². The Morgan fingerprint density at radius 2 is 2.38 bits per heavy atom. The summed E-state index contributed by atoms with van der Waals surface area (Å²) in [6.45, 7) is 2.12. The molecule has 1 rings (SSSR count). The fourth-order valence-electron chi connectivity index (χ4n) is 1.13. The van der Waals surface area contributed by atoms with E-state index >= 15 is 0 Å². The highest BCUT2D eigenvalue weighted by Crippen LogP contribution is 2.16. The molecule has 0 spiro atoms. The van der Waals surface area contributed by atoms with Crippen LogP contribution in [-0.4, -0.2) is 42.0 Å². The van der Waals surface area contributed by atoms with Crippen molar-refractivity contribution in [3.05, 3.63) is 11.3 Å². The van der Waals surface area contributed by atoms with Crippen LogP contribution in [0.5, 0.6) is 0 Å². The molecule has 0 bridgehead atoms. The van der Waals surface area contributed by atoms with Crippen molar-refractivity contribution in [2.45, 2.75) is 6.92 Å². The van der Waals surface area contributed by atoms with Crippen LogP contribution in [0.15, 0.2) is 11.3 Å². The van der Waals surface area contributed by atoms with Gasteiger partial charge in [0.25, 0.3) is 0 Å². The molecule has 0 saturated carbocycles. The van der Waals surface area contributed by atoms with Gasteiger partial charge < -0.3 is 14.7 Å². The highest BCUT2D eigenvalue weighted by atomic mass is 16.5. The number of ether oxygens (including phenoxy) is 1. The van der Waals surface area contributed by atoms with Crippen LogP contribution in [0.2, 0.25) is 0 Å². The molecule has 72 valence electrons. The number of esters is 1. The molecule has 0 fully saturated rings. The minimum absolute atomic E-state index is 0.0101. The van der Waals surface area contributed by atoms with Crippen LogP contribution in [0, 0.1) is 5.41 Å². The lowest BCUT2D eigenvalue weighted by Gasteiger charge is -2.09. The normalized spacial score (nSPS) is 16.8. The van der Waals surface area contributed by atoms with Gasteiger partial charge in [0.05, 0.1) is 13.2 Å². The zero-order valence-electron chi connectivity index (χ0n) is 7.63. The van der Waals surface area contributed by atoms with Crippen LogP contribution in [0.25, 0.3) is 0 Å². The van der Waals surface area contributed by atoms with Crippen molar-refractivity contribution >= 4 is 11.8 Å². The van der Waals surface area contributed by atoms with Crippen LogP contribution in [-0.2, 0) is 9.53 Å². The molecule has 1 heterocycles. The third kappa shape index (κ3) is 1.63. The molecule has 13 heavy (non-hydrogen) atoms. The minimum Gasteiger partial charge on any atom is -0.509 e. The first-order valence-electron chi connectivity index (χ1n) is 3.97. The fraction of sp³-hybridized carbons (Fsp3) is 0.500. The van der Waals surface area contributed by atoms with Gasteiger partial charge in [-0.15, -0.1) is 0 Å². The first kappa shape index (κ1) is 9.57. The Bertz CT molecular complexity index is 283. The van der Waals surface area contributed by atoms with Crippen LogP contribution in [0.4, 0.5) is 0 Å². The molecular weight excluding hydrogens is 172 g/mol. The molecule has 2 N–H and O–H groups in total. The molecule has 1 aliphatic heterocycles. The van der Waals surface area contributed by atoms with Crippen molar-refractivity contribution in [1.29, 1.82) is 5.41 Å². The number of carbonyl (C=O) groups is 1. The third-order valence-electron chi connectivity index (χ3n) is 1.77. The van der Waals surface area contributed by atoms with Gasteiger partial charge in [0, 0.05) is 7.05 Å². The molecule has 0 atom stereocenters. The largest absolute Gasteiger partial charge is 0.509 e. The Hall–Kier alpha value is -1.52. The zero-order chi connectivity index (χ0) is 10.0. The Morgan fingerprint density at radius 3 is 2.77 bits per heavy atom. The molecule has 5 heteroatoms. The smallest absolute Gasteiger partial charge is 0.345 e. The van der Waals surface area contributed by atoms with E-state index < -0.39 is 5.97 Å². The molecule has 0 aromatic heterocycles. The van der Waals surface area contributed by atoms with Crippen molar-refractivity contribution in [2.75, 3.05) is 20.2 Å². The number of likely N-dealkylation sites (N-methyl/N-ethyl adjacent to an activating group) is 1. The lowest BCUT2D eigenvalue weighted by molar-refractivity contribution is -0.138. The van der Waals surface area contributed by atoms with E-state index in [2.05, 4.69) is 0 Å². The number of carbonyl (C=O) groups excluding carboxylic acids is 1. The molecule has 5 nitrogen and oxygen atoms in total. The van der Waals surface area contributed by atoms with E-state index in [0.29, 0.717) is 0 Å². The van der Waals surface area contributed by atoms with Crippen molar-refractivity contribution in [3.8, 4) is 0 Å². The predicted octanol–water partition coefficient (Wildman–Crippen LogP) is 0.284. The number of rotatable bonds is 2. The predicted molar refractivity (Wildman–Crippen MR) is 46.6 cm³/mol. The first-order valence-corrected chi connectivity index (χ1v) is 3.97. The highest BCUT2D eigenvalue weighted by Gasteiger charge is 2.30. The Balaban J connectivity index is 2.84. The van der Waals surface area contributed by atoms with Gasteiger partial charge in [-0.2, -0.15) is 0 Å². The van der Waals surface area contributed by atoms with Crippen LogP contribution < -0.4 is 0 Å². The molecule has 0 saturated heterocycles. The van der Waals surface area contributed by atoms with Crippen molar-refractivity contribution in [2.24, 2.45) is 0 Å². The number of hydrogen-bond donors (Lipinski definition) is 2. The van der Waals surface area contributed by atoms with E-state index in [1.807, 2.05) is 0 Å². The number of nitrogens with zero attached hydrogens (tertiary/aromatic N) is 1. The van der Waals surface area contributed by atoms with E-state index in [0.717, 1.165) is 0 Å². The van der Waals surface area contributed by atoms with Gasteiger partial charge in [-0.3, -0.25) is 5.41 Å². The Labute approximate surface area is 76.1 Å². The lowest BCUT2D eigenvalue weighted by atomic mass is 10.2. The quantitative estimate of drug-likeness (QED) is 0.605. The average Bonchev–Trinajstić information content (AvgIpc) is 2.27. The van der Waals surface area contributed by atoms with Gasteiger partial charge >= 0.3 is 5.97 Å². The molecular formula is C8H12N2O3. The number of hydrogen-bond acceptors (Lipinski definition) is 4. The Kier molecular flexibility index (Phi) is 2.55. The van der Waals surface area contributed by atoms with E-state index in [1.54, 1.807) is 14.0 Å². The molecule has 1 aliphatic rings. The summed E-state index contributed by atoms with van der Waals surface area (Å²) in [5.74, 6) is -0.712. The van der Waals surface area contributed by atoms with Crippen molar-refractivity contribution in [1.82, 2.24) is 4.90 Å². The third-order valence-corrected chi connectivity index (χ3v) is 1.77. The maximum Gasteiger partial charge on any atom is 0.345 e. The second kappa shape index (κ2) is 3.47. The van der Waals surface area contributed by atoms with Crippen molar-refractivity contribution < 1.29 is 14.6 Å². The standard InChI is InChI=1S/C8H12N2O3/c1-3-13-8(12)6-5(11)4-10(2)7(6)9/h9,11H,3-4H2,1-2H3. The highest BCUT2D eigenvalue weighted by molar-refractivity contribution is 6.19. The number of amidine groups is 1. The Morgan fingerprint density at radius 1 is 1.77 bits per heavy atom. The zero-order valence-corrected chi connectivity index (χ0v) is 7.63. The molecule has 0 aliphatic carbocycles. The number of aliphatic hydroxyl groups is 1. The number of nitrogens with one attached hydrogen (secondary N) is 1. The molecule has 0 aromatic carbocycles. The summed E-state index contributed by atoms with van der Waals surface area (Å²) in [4.78, 5) is 12.7. The minimum atomic E-state index is -0.630. The summed E-state index contributed by atoms with van der Waals surface area (Å²) in [5.41, 5.74) is -0.0237. The summed E-state index contributed by atoms with van der Waals surface area (Å²) in [7, 11) is 1.63. The molecule has 0 aromatic rings. The van der Waals surface area contributed by atoms with E-state index in [9.17, 15) is 9.90 Å². The van der Waals surface area contributed by atoms with Crippen LogP contribution in [0.3, 0.4) is 0 Å². The van der Waals surface area contributed by atoms with E-state index in [1.165, 1.54) is 4.90 Å². The van der Waals surface area contributed by atoms with Gasteiger partial charge in [0.15, 0.2) is 0 Å². The van der Waals surface area contributed by atoms with Gasteiger partial charge in [-0.25, -0.2) is 4.79 Å². The van der Waals surface area contributed by atoms with Gasteiger partial charge in [0.2, 0.25) is 0 Å². The van der Waals surface area contributed by atoms with Gasteiger partial charge in [-0.1, -0.05) is 0 Å². The lowest BCUT2D eigenvalue weighted by Crippen LogP contribution is -2.24. The topological polar surface area (TPSA) is 73.6 Å². The first-order chi connectivity index (χ1) is 6.07. The average molecular weight is 184 g/mol. The van der Waals surface area contributed by atoms with Gasteiger partial charge in [-0.05, 0) is 6.92 Å². The summed E-state index contributed by atoms with van der Waals surface area (Å²) in [6, 6.07) is 0. The summed E-state index contributed by atoms with van der Waals surface area (Å²) < 4.78 is 4.69. The second-order valence-corrected chi connectivity index (χ2v) is 2.75. The molecule has 0 amide bonds. The second-order valence-electron chi connectivity index (χ2n) is 2.75. The monoisotopic (exact) mass is 184 g/mol. The maximum absolute atomic E-state index is 11.2. The fourth-order valence-corrected chi connectivity index (χ4v) is 1.13. The van der Waals surface area contributed by atoms with Crippen molar-refractivity contribution in [3.63, 3.8) is 0 Å². The maximum atomic E-state index is 11.2. The summed E-state index contributed by atoms with van der Waals surface area (Å²) in [6.07, 6.45) is 0. The summed E-state index contributed by atoms with van der Waals surface area (Å²) in [5, 5.41) is 16.8. The van der Waals surface area contributed by atoms with Crippen LogP contribution >= 0.6 is 0 Å². The SMILES string of the molecule is CCOC(=O)C1=C(O)CN(C)C1=N.